The molecule has 1 unspecified atom stereocenters. The van der Waals surface area contributed by atoms with Gasteiger partial charge in [0.25, 0.3) is 5.91 Å². The Bertz CT molecular complexity index is 1060. The number of benzene rings is 3. The van der Waals surface area contributed by atoms with Crippen molar-refractivity contribution in [3.05, 3.63) is 95.1 Å². The van der Waals surface area contributed by atoms with Crippen molar-refractivity contribution >= 4 is 5.91 Å². The van der Waals surface area contributed by atoms with Crippen molar-refractivity contribution in [2.24, 2.45) is 0 Å². The molecule has 2 heterocycles. The SMILES string of the molecule is O=C(NCC1COc2ccccc2O1)c1ccc(CN2CCc3ccccc3C2)cc1. The van der Waals surface area contributed by atoms with Crippen molar-refractivity contribution in [1.82, 2.24) is 10.2 Å². The Kier molecular flexibility index (Phi) is 5.59. The first kappa shape index (κ1) is 19.6. The van der Waals surface area contributed by atoms with Crippen LogP contribution >= 0.6 is 0 Å². The van der Waals surface area contributed by atoms with Crippen LogP contribution in [0.2, 0.25) is 0 Å². The van der Waals surface area contributed by atoms with Crippen LogP contribution in [0.4, 0.5) is 0 Å². The highest BCUT2D eigenvalue weighted by molar-refractivity contribution is 5.94. The molecule has 0 fully saturated rings. The summed E-state index contributed by atoms with van der Waals surface area (Å²) in [6.07, 6.45) is 0.897. The number of carbonyl (C=O) groups excluding carboxylic acids is 1. The molecule has 5 heteroatoms. The predicted molar refractivity (Wildman–Crippen MR) is 119 cm³/mol. The highest BCUT2D eigenvalue weighted by Gasteiger charge is 2.21. The van der Waals surface area contributed by atoms with Crippen LogP contribution in [-0.2, 0) is 19.5 Å². The molecule has 0 radical (unpaired) electrons. The molecular weight excluding hydrogens is 388 g/mol. The van der Waals surface area contributed by atoms with Crippen molar-refractivity contribution in [2.45, 2.75) is 25.6 Å². The van der Waals surface area contributed by atoms with Gasteiger partial charge in [-0.15, -0.1) is 0 Å². The van der Waals surface area contributed by atoms with E-state index in [9.17, 15) is 4.79 Å². The van der Waals surface area contributed by atoms with Gasteiger partial charge in [0, 0.05) is 25.2 Å². The first-order valence-corrected chi connectivity index (χ1v) is 10.8. The number of rotatable bonds is 5. The van der Waals surface area contributed by atoms with Crippen molar-refractivity contribution in [1.29, 1.82) is 0 Å². The molecule has 0 spiro atoms. The van der Waals surface area contributed by atoms with Gasteiger partial charge in [0.15, 0.2) is 11.5 Å². The number of amides is 1. The fraction of sp³-hybridized carbons (Fsp3) is 0.269. The van der Waals surface area contributed by atoms with Gasteiger partial charge < -0.3 is 14.8 Å². The first-order chi connectivity index (χ1) is 15.2. The molecular formula is C26H26N2O3. The van der Waals surface area contributed by atoms with Gasteiger partial charge in [-0.05, 0) is 47.4 Å². The van der Waals surface area contributed by atoms with Crippen LogP contribution in [0.15, 0.2) is 72.8 Å². The summed E-state index contributed by atoms with van der Waals surface area (Å²) in [7, 11) is 0. The average molecular weight is 415 g/mol. The maximum atomic E-state index is 12.6. The molecule has 5 nitrogen and oxygen atoms in total. The Morgan fingerprint density at radius 3 is 2.52 bits per heavy atom. The molecule has 0 saturated heterocycles. The molecule has 0 bridgehead atoms. The number of hydrogen-bond acceptors (Lipinski definition) is 4. The van der Waals surface area contributed by atoms with Crippen molar-refractivity contribution in [3.8, 4) is 11.5 Å². The molecule has 3 aromatic carbocycles. The van der Waals surface area contributed by atoms with Crippen LogP contribution in [0.1, 0.15) is 27.0 Å². The third-order valence-corrected chi connectivity index (χ3v) is 5.89. The minimum absolute atomic E-state index is 0.0964. The second kappa shape index (κ2) is 8.82. The van der Waals surface area contributed by atoms with Crippen molar-refractivity contribution in [3.63, 3.8) is 0 Å². The maximum Gasteiger partial charge on any atom is 0.251 e. The van der Waals surface area contributed by atoms with E-state index >= 15 is 0 Å². The molecule has 1 atom stereocenters. The lowest BCUT2D eigenvalue weighted by atomic mass is 9.99. The summed E-state index contributed by atoms with van der Waals surface area (Å²) in [6.45, 7) is 3.76. The number of para-hydroxylation sites is 2. The van der Waals surface area contributed by atoms with Gasteiger partial charge in [0.05, 0.1) is 6.54 Å². The van der Waals surface area contributed by atoms with E-state index in [0.717, 1.165) is 37.6 Å². The minimum atomic E-state index is -0.194. The molecule has 0 aromatic heterocycles. The minimum Gasteiger partial charge on any atom is -0.486 e. The topological polar surface area (TPSA) is 50.8 Å². The predicted octanol–water partition coefficient (Wildman–Crippen LogP) is 3.81. The van der Waals surface area contributed by atoms with Crippen LogP contribution in [0, 0.1) is 0 Å². The lowest BCUT2D eigenvalue weighted by Gasteiger charge is -2.28. The second-order valence-corrected chi connectivity index (χ2v) is 8.13. The van der Waals surface area contributed by atoms with E-state index < -0.39 is 0 Å². The number of fused-ring (bicyclic) bond motifs is 2. The molecule has 2 aliphatic rings. The summed E-state index contributed by atoms with van der Waals surface area (Å²) < 4.78 is 11.6. The lowest BCUT2D eigenvalue weighted by molar-refractivity contribution is 0.0789. The zero-order valence-electron chi connectivity index (χ0n) is 17.4. The molecule has 0 saturated carbocycles. The van der Waals surface area contributed by atoms with Crippen LogP contribution in [0.25, 0.3) is 0 Å². The summed E-state index contributed by atoms with van der Waals surface area (Å²) in [5, 5.41) is 2.96. The van der Waals surface area contributed by atoms with Gasteiger partial charge in [-0.2, -0.15) is 0 Å². The molecule has 2 aliphatic heterocycles. The molecule has 5 rings (SSSR count). The Labute approximate surface area is 182 Å². The first-order valence-electron chi connectivity index (χ1n) is 10.8. The van der Waals surface area contributed by atoms with Gasteiger partial charge in [-0.3, -0.25) is 9.69 Å². The van der Waals surface area contributed by atoms with E-state index in [1.807, 2.05) is 48.5 Å². The van der Waals surface area contributed by atoms with Crippen molar-refractivity contribution in [2.75, 3.05) is 19.7 Å². The normalized spacial score (nSPS) is 17.6. The fourth-order valence-corrected chi connectivity index (χ4v) is 4.18. The number of nitrogens with zero attached hydrogens (tertiary/aromatic N) is 1. The summed E-state index contributed by atoms with van der Waals surface area (Å²) in [4.78, 5) is 15.0. The zero-order chi connectivity index (χ0) is 21.0. The molecule has 0 aliphatic carbocycles. The maximum absolute atomic E-state index is 12.6. The van der Waals surface area contributed by atoms with Crippen LogP contribution < -0.4 is 14.8 Å². The third kappa shape index (κ3) is 4.57. The second-order valence-electron chi connectivity index (χ2n) is 8.13. The number of nitrogens with one attached hydrogen (secondary N) is 1. The van der Waals surface area contributed by atoms with Gasteiger partial charge in [-0.1, -0.05) is 48.5 Å². The van der Waals surface area contributed by atoms with Crippen LogP contribution in [0.5, 0.6) is 11.5 Å². The fourth-order valence-electron chi connectivity index (χ4n) is 4.18. The zero-order valence-corrected chi connectivity index (χ0v) is 17.4. The molecule has 158 valence electrons. The Balaban J connectivity index is 1.13. The molecule has 1 amide bonds. The lowest BCUT2D eigenvalue weighted by Crippen LogP contribution is -2.40. The average Bonchev–Trinajstić information content (AvgIpc) is 2.83. The van der Waals surface area contributed by atoms with Crippen LogP contribution in [-0.4, -0.2) is 36.6 Å². The quantitative estimate of drug-likeness (QED) is 0.690. The highest BCUT2D eigenvalue weighted by Crippen LogP contribution is 2.30. The van der Waals surface area contributed by atoms with Gasteiger partial charge in [0.1, 0.15) is 12.7 Å². The highest BCUT2D eigenvalue weighted by atomic mass is 16.6. The largest absolute Gasteiger partial charge is 0.486 e. The standard InChI is InChI=1S/C26H26N2O3/c29-26(27-15-23-18-30-24-7-3-4-8-25(24)31-23)21-11-9-19(10-12-21)16-28-14-13-20-5-1-2-6-22(20)17-28/h1-12,23H,13-18H2,(H,27,29). The summed E-state index contributed by atoms with van der Waals surface area (Å²) >= 11 is 0. The van der Waals surface area contributed by atoms with E-state index in [2.05, 4.69) is 34.5 Å². The van der Waals surface area contributed by atoms with Gasteiger partial charge >= 0.3 is 0 Å². The van der Waals surface area contributed by atoms with E-state index in [1.165, 1.54) is 16.7 Å². The van der Waals surface area contributed by atoms with E-state index in [1.54, 1.807) is 0 Å². The number of carbonyl (C=O) groups is 1. The van der Waals surface area contributed by atoms with E-state index in [-0.39, 0.29) is 12.0 Å². The summed E-state index contributed by atoms with van der Waals surface area (Å²) in [5.74, 6) is 1.37. The molecule has 31 heavy (non-hydrogen) atoms. The third-order valence-electron chi connectivity index (χ3n) is 5.89. The van der Waals surface area contributed by atoms with E-state index in [0.29, 0.717) is 18.7 Å². The van der Waals surface area contributed by atoms with Gasteiger partial charge in [0.2, 0.25) is 0 Å². The summed E-state index contributed by atoms with van der Waals surface area (Å²) in [5.41, 5.74) is 4.75. The molecule has 1 N–H and O–H groups in total. The monoisotopic (exact) mass is 414 g/mol. The Morgan fingerprint density at radius 2 is 1.68 bits per heavy atom. The Hall–Kier alpha value is -3.31. The Morgan fingerprint density at radius 1 is 0.935 bits per heavy atom. The van der Waals surface area contributed by atoms with Gasteiger partial charge in [-0.25, -0.2) is 0 Å². The van der Waals surface area contributed by atoms with E-state index in [4.69, 9.17) is 9.47 Å². The van der Waals surface area contributed by atoms with Crippen LogP contribution in [0.3, 0.4) is 0 Å². The number of hydrogen-bond donors (Lipinski definition) is 1. The van der Waals surface area contributed by atoms with Crippen molar-refractivity contribution < 1.29 is 14.3 Å². The molecule has 3 aromatic rings. The summed E-state index contributed by atoms with van der Waals surface area (Å²) in [6, 6.07) is 24.1. The smallest absolute Gasteiger partial charge is 0.251 e. The number of ether oxygens (including phenoxy) is 2.